The van der Waals surface area contributed by atoms with E-state index >= 15 is 0 Å². The molecule has 1 heterocycles. The lowest BCUT2D eigenvalue weighted by molar-refractivity contribution is 0.199. The highest BCUT2D eigenvalue weighted by atomic mass is 35.5. The number of rotatable bonds is 2. The third kappa shape index (κ3) is 4.83. The summed E-state index contributed by atoms with van der Waals surface area (Å²) in [7, 11) is 0. The van der Waals surface area contributed by atoms with Crippen LogP contribution in [0.1, 0.15) is 18.1 Å². The molecule has 1 saturated heterocycles. The van der Waals surface area contributed by atoms with Crippen LogP contribution in [-0.2, 0) is 6.54 Å². The predicted molar refractivity (Wildman–Crippen MR) is 78.4 cm³/mol. The van der Waals surface area contributed by atoms with Crippen molar-refractivity contribution in [2.75, 3.05) is 19.6 Å². The number of nitriles is 1. The second-order valence-electron chi connectivity index (χ2n) is 4.40. The monoisotopic (exact) mass is 287 g/mol. The standard InChI is InChI=1S/C13H17N3.2ClH/c1-11-9-16(7-6-15-11)10-13-4-2-12(8-14)3-5-13;;/h2-5,11,15H,6-7,9-10H2,1H3;2*1H. The molecule has 100 valence electrons. The van der Waals surface area contributed by atoms with Crippen molar-refractivity contribution in [3.63, 3.8) is 0 Å². The first-order valence-electron chi connectivity index (χ1n) is 5.73. The molecule has 1 fully saturated rings. The molecule has 2 rings (SSSR count). The molecule has 0 aliphatic carbocycles. The van der Waals surface area contributed by atoms with Crippen molar-refractivity contribution in [2.45, 2.75) is 19.5 Å². The minimum absolute atomic E-state index is 0. The molecule has 0 radical (unpaired) electrons. The Labute approximate surface area is 121 Å². The average molecular weight is 288 g/mol. The van der Waals surface area contributed by atoms with Gasteiger partial charge >= 0.3 is 0 Å². The summed E-state index contributed by atoms with van der Waals surface area (Å²) in [5, 5.41) is 12.1. The summed E-state index contributed by atoms with van der Waals surface area (Å²) < 4.78 is 0. The van der Waals surface area contributed by atoms with Gasteiger partial charge in [0, 0.05) is 32.2 Å². The Morgan fingerprint density at radius 1 is 1.33 bits per heavy atom. The minimum Gasteiger partial charge on any atom is -0.312 e. The van der Waals surface area contributed by atoms with Crippen LogP contribution in [0.3, 0.4) is 0 Å². The van der Waals surface area contributed by atoms with Gasteiger partial charge in [-0.1, -0.05) is 12.1 Å². The minimum atomic E-state index is 0. The van der Waals surface area contributed by atoms with Crippen molar-refractivity contribution >= 4 is 24.8 Å². The third-order valence-electron chi connectivity index (χ3n) is 2.94. The van der Waals surface area contributed by atoms with Crippen LogP contribution in [0.25, 0.3) is 0 Å². The second kappa shape index (κ2) is 8.34. The molecule has 1 aromatic rings. The van der Waals surface area contributed by atoms with Gasteiger partial charge in [0.05, 0.1) is 11.6 Å². The molecule has 0 bridgehead atoms. The maximum atomic E-state index is 8.72. The van der Waals surface area contributed by atoms with Crippen molar-refractivity contribution in [3.8, 4) is 6.07 Å². The number of benzene rings is 1. The van der Waals surface area contributed by atoms with Crippen LogP contribution in [0.15, 0.2) is 24.3 Å². The molecule has 0 saturated carbocycles. The lowest BCUT2D eigenvalue weighted by Crippen LogP contribution is -2.48. The first-order chi connectivity index (χ1) is 7.78. The van der Waals surface area contributed by atoms with Gasteiger partial charge in [0.2, 0.25) is 0 Å². The molecule has 1 unspecified atom stereocenters. The SMILES string of the molecule is CC1CN(Cc2ccc(C#N)cc2)CCN1.Cl.Cl. The fourth-order valence-corrected chi connectivity index (χ4v) is 2.10. The summed E-state index contributed by atoms with van der Waals surface area (Å²) >= 11 is 0. The van der Waals surface area contributed by atoms with E-state index in [9.17, 15) is 0 Å². The van der Waals surface area contributed by atoms with E-state index in [0.717, 1.165) is 31.7 Å². The smallest absolute Gasteiger partial charge is 0.0991 e. The topological polar surface area (TPSA) is 39.1 Å². The fraction of sp³-hybridized carbons (Fsp3) is 0.462. The van der Waals surface area contributed by atoms with Crippen LogP contribution < -0.4 is 5.32 Å². The van der Waals surface area contributed by atoms with Crippen molar-refractivity contribution in [1.29, 1.82) is 5.26 Å². The Morgan fingerprint density at radius 3 is 2.56 bits per heavy atom. The normalized spacial score (nSPS) is 19.2. The van der Waals surface area contributed by atoms with Crippen LogP contribution >= 0.6 is 24.8 Å². The van der Waals surface area contributed by atoms with Gasteiger partial charge in [-0.2, -0.15) is 5.26 Å². The molecule has 0 spiro atoms. The molecule has 5 heteroatoms. The van der Waals surface area contributed by atoms with Crippen molar-refractivity contribution < 1.29 is 0 Å². The lowest BCUT2D eigenvalue weighted by atomic mass is 10.1. The molecule has 1 atom stereocenters. The molecule has 1 N–H and O–H groups in total. The molecule has 3 nitrogen and oxygen atoms in total. The Morgan fingerprint density at radius 2 is 2.00 bits per heavy atom. The fourth-order valence-electron chi connectivity index (χ4n) is 2.10. The molecule has 1 aliphatic heterocycles. The molecule has 0 amide bonds. The zero-order chi connectivity index (χ0) is 11.4. The first-order valence-corrected chi connectivity index (χ1v) is 5.73. The lowest BCUT2D eigenvalue weighted by Gasteiger charge is -2.31. The van der Waals surface area contributed by atoms with E-state index in [4.69, 9.17) is 5.26 Å². The Balaban J connectivity index is 0.00000144. The number of halogens is 2. The maximum Gasteiger partial charge on any atom is 0.0991 e. The van der Waals surface area contributed by atoms with Gasteiger partial charge in [0.1, 0.15) is 0 Å². The van der Waals surface area contributed by atoms with Crippen molar-refractivity contribution in [3.05, 3.63) is 35.4 Å². The highest BCUT2D eigenvalue weighted by Gasteiger charge is 2.15. The molecular formula is C13H19Cl2N3. The number of hydrogen-bond donors (Lipinski definition) is 1. The van der Waals surface area contributed by atoms with E-state index in [0.29, 0.717) is 6.04 Å². The van der Waals surface area contributed by atoms with Gasteiger partial charge in [-0.3, -0.25) is 4.90 Å². The van der Waals surface area contributed by atoms with Gasteiger partial charge < -0.3 is 5.32 Å². The van der Waals surface area contributed by atoms with E-state index < -0.39 is 0 Å². The Hall–Kier alpha value is -0.790. The number of piperazine rings is 1. The highest BCUT2D eigenvalue weighted by molar-refractivity contribution is 5.85. The van der Waals surface area contributed by atoms with Crippen LogP contribution in [-0.4, -0.2) is 30.6 Å². The largest absolute Gasteiger partial charge is 0.312 e. The van der Waals surface area contributed by atoms with Crippen LogP contribution in [0.4, 0.5) is 0 Å². The summed E-state index contributed by atoms with van der Waals surface area (Å²) in [6.07, 6.45) is 0. The highest BCUT2D eigenvalue weighted by Crippen LogP contribution is 2.08. The summed E-state index contributed by atoms with van der Waals surface area (Å²) in [5.41, 5.74) is 2.02. The third-order valence-corrected chi connectivity index (χ3v) is 2.94. The Bertz CT molecular complexity index is 386. The van der Waals surface area contributed by atoms with E-state index in [1.54, 1.807) is 0 Å². The zero-order valence-corrected chi connectivity index (χ0v) is 12.1. The number of nitrogens with one attached hydrogen (secondary N) is 1. The van der Waals surface area contributed by atoms with Crippen molar-refractivity contribution in [1.82, 2.24) is 10.2 Å². The summed E-state index contributed by atoms with van der Waals surface area (Å²) in [6.45, 7) is 6.46. The number of hydrogen-bond acceptors (Lipinski definition) is 3. The summed E-state index contributed by atoms with van der Waals surface area (Å²) in [5.74, 6) is 0. The van der Waals surface area contributed by atoms with E-state index in [1.807, 2.05) is 24.3 Å². The molecule has 1 aromatic carbocycles. The quantitative estimate of drug-likeness (QED) is 0.906. The molecular weight excluding hydrogens is 269 g/mol. The zero-order valence-electron chi connectivity index (χ0n) is 10.4. The van der Waals surface area contributed by atoms with E-state index in [-0.39, 0.29) is 24.8 Å². The summed E-state index contributed by atoms with van der Waals surface area (Å²) in [6, 6.07) is 10.6. The second-order valence-corrected chi connectivity index (χ2v) is 4.40. The van der Waals surface area contributed by atoms with Gasteiger partial charge in [-0.15, -0.1) is 24.8 Å². The average Bonchev–Trinajstić information content (AvgIpc) is 2.30. The van der Waals surface area contributed by atoms with Gasteiger partial charge in [-0.25, -0.2) is 0 Å². The maximum absolute atomic E-state index is 8.72. The van der Waals surface area contributed by atoms with Gasteiger partial charge in [-0.05, 0) is 24.6 Å². The van der Waals surface area contributed by atoms with Gasteiger partial charge in [0.25, 0.3) is 0 Å². The summed E-state index contributed by atoms with van der Waals surface area (Å²) in [4.78, 5) is 2.45. The molecule has 18 heavy (non-hydrogen) atoms. The predicted octanol–water partition coefficient (Wildman–Crippen LogP) is 2.20. The van der Waals surface area contributed by atoms with Crippen LogP contribution in [0.2, 0.25) is 0 Å². The molecule has 0 aromatic heterocycles. The molecule has 1 aliphatic rings. The van der Waals surface area contributed by atoms with Crippen LogP contribution in [0, 0.1) is 11.3 Å². The van der Waals surface area contributed by atoms with E-state index in [1.165, 1.54) is 5.56 Å². The Kier molecular flexibility index (Phi) is 7.97. The van der Waals surface area contributed by atoms with Crippen molar-refractivity contribution in [2.24, 2.45) is 0 Å². The van der Waals surface area contributed by atoms with Crippen LogP contribution in [0.5, 0.6) is 0 Å². The number of nitrogens with zero attached hydrogens (tertiary/aromatic N) is 2. The first kappa shape index (κ1) is 17.2. The van der Waals surface area contributed by atoms with E-state index in [2.05, 4.69) is 23.2 Å². The van der Waals surface area contributed by atoms with Gasteiger partial charge in [0.15, 0.2) is 0 Å².